The molecule has 0 saturated carbocycles. The molecular formula is C29H27N3O3S2. The number of rotatable bonds is 9. The summed E-state index contributed by atoms with van der Waals surface area (Å²) in [5.41, 5.74) is 2.30. The number of methoxy groups -OCH3 is 1. The maximum Gasteiger partial charge on any atom is 0.237 e. The third-order valence-electron chi connectivity index (χ3n) is 5.23. The van der Waals surface area contributed by atoms with E-state index in [4.69, 9.17) is 21.7 Å². The minimum atomic E-state index is -0.311. The van der Waals surface area contributed by atoms with Gasteiger partial charge in [-0.15, -0.1) is 11.8 Å². The largest absolute Gasteiger partial charge is 0.495 e. The van der Waals surface area contributed by atoms with Crippen molar-refractivity contribution in [3.63, 3.8) is 0 Å². The standard InChI is InChI=1S/C29H27N3O3S2/c1-20(28(33)30-21-15-17-24(18-16-21)35-23-10-4-3-5-11-23)37-25-12-8-9-22(19-25)31-29(36)32-26-13-6-7-14-27(26)34-2/h3-20H,1-2H3,(H,30,33)(H2,31,32,36). The van der Waals surface area contributed by atoms with E-state index in [1.54, 1.807) is 7.11 Å². The number of hydrogen-bond donors (Lipinski definition) is 3. The lowest BCUT2D eigenvalue weighted by Crippen LogP contribution is -2.22. The predicted molar refractivity (Wildman–Crippen MR) is 156 cm³/mol. The SMILES string of the molecule is COc1ccccc1NC(=S)Nc1cccc(SC(C)C(=O)Nc2ccc(Oc3ccccc3)cc2)c1. The Morgan fingerprint density at radius 2 is 1.49 bits per heavy atom. The lowest BCUT2D eigenvalue weighted by Gasteiger charge is -2.15. The van der Waals surface area contributed by atoms with Gasteiger partial charge in [0.2, 0.25) is 5.91 Å². The Hall–Kier alpha value is -4.01. The number of benzene rings is 4. The van der Waals surface area contributed by atoms with Gasteiger partial charge < -0.3 is 25.4 Å². The summed E-state index contributed by atoms with van der Waals surface area (Å²) in [6.45, 7) is 1.88. The molecule has 1 amide bonds. The molecule has 1 atom stereocenters. The zero-order chi connectivity index (χ0) is 26.0. The Balaban J connectivity index is 1.30. The first kappa shape index (κ1) is 26.1. The average Bonchev–Trinajstić information content (AvgIpc) is 2.91. The zero-order valence-electron chi connectivity index (χ0n) is 20.4. The highest BCUT2D eigenvalue weighted by atomic mass is 32.2. The third-order valence-corrected chi connectivity index (χ3v) is 6.53. The molecule has 3 N–H and O–H groups in total. The lowest BCUT2D eigenvalue weighted by molar-refractivity contribution is -0.115. The first-order chi connectivity index (χ1) is 18.0. The molecule has 0 fully saturated rings. The molecule has 1 unspecified atom stereocenters. The number of thiocarbonyl (C=S) groups is 1. The third kappa shape index (κ3) is 7.73. The highest BCUT2D eigenvalue weighted by Gasteiger charge is 2.15. The highest BCUT2D eigenvalue weighted by Crippen LogP contribution is 2.28. The monoisotopic (exact) mass is 529 g/mol. The van der Waals surface area contributed by atoms with Crippen LogP contribution < -0.4 is 25.4 Å². The average molecular weight is 530 g/mol. The van der Waals surface area contributed by atoms with Crippen molar-refractivity contribution in [2.75, 3.05) is 23.1 Å². The van der Waals surface area contributed by atoms with Crippen molar-refractivity contribution in [1.82, 2.24) is 0 Å². The molecular weight excluding hydrogens is 502 g/mol. The van der Waals surface area contributed by atoms with Crippen LogP contribution in [-0.2, 0) is 4.79 Å². The molecule has 37 heavy (non-hydrogen) atoms. The summed E-state index contributed by atoms with van der Waals surface area (Å²) in [6.07, 6.45) is 0. The quantitative estimate of drug-likeness (QED) is 0.154. The summed E-state index contributed by atoms with van der Waals surface area (Å²) in [5, 5.41) is 9.43. The van der Waals surface area contributed by atoms with Gasteiger partial charge in [0.25, 0.3) is 0 Å². The van der Waals surface area contributed by atoms with Crippen molar-refractivity contribution in [2.45, 2.75) is 17.1 Å². The molecule has 0 bridgehead atoms. The van der Waals surface area contributed by atoms with Gasteiger partial charge in [-0.05, 0) is 85.9 Å². The van der Waals surface area contributed by atoms with E-state index < -0.39 is 0 Å². The number of carbonyl (C=O) groups excluding carboxylic acids is 1. The Morgan fingerprint density at radius 3 is 2.24 bits per heavy atom. The van der Waals surface area contributed by atoms with Gasteiger partial charge in [-0.1, -0.05) is 36.4 Å². The first-order valence-corrected chi connectivity index (χ1v) is 12.9. The molecule has 188 valence electrons. The molecule has 0 spiro atoms. The smallest absolute Gasteiger partial charge is 0.237 e. The predicted octanol–water partition coefficient (Wildman–Crippen LogP) is 7.42. The normalized spacial score (nSPS) is 11.2. The maximum absolute atomic E-state index is 12.8. The maximum atomic E-state index is 12.8. The Morgan fingerprint density at radius 1 is 0.784 bits per heavy atom. The van der Waals surface area contributed by atoms with Crippen LogP contribution in [0.4, 0.5) is 17.1 Å². The molecule has 0 saturated heterocycles. The van der Waals surface area contributed by atoms with Crippen molar-refractivity contribution in [2.24, 2.45) is 0 Å². The van der Waals surface area contributed by atoms with E-state index in [0.29, 0.717) is 22.3 Å². The molecule has 4 aromatic carbocycles. The van der Waals surface area contributed by atoms with Gasteiger partial charge in [-0.3, -0.25) is 4.79 Å². The van der Waals surface area contributed by atoms with E-state index in [1.165, 1.54) is 11.8 Å². The number of para-hydroxylation sites is 3. The van der Waals surface area contributed by atoms with Gasteiger partial charge in [-0.25, -0.2) is 0 Å². The molecule has 0 aromatic heterocycles. The van der Waals surface area contributed by atoms with Crippen molar-refractivity contribution >= 4 is 52.1 Å². The fourth-order valence-corrected chi connectivity index (χ4v) is 4.57. The van der Waals surface area contributed by atoms with Gasteiger partial charge in [-0.2, -0.15) is 0 Å². The number of carbonyl (C=O) groups is 1. The van der Waals surface area contributed by atoms with E-state index in [2.05, 4.69) is 16.0 Å². The molecule has 0 radical (unpaired) electrons. The molecule has 0 aliphatic rings. The molecule has 4 rings (SSSR count). The zero-order valence-corrected chi connectivity index (χ0v) is 22.1. The first-order valence-electron chi connectivity index (χ1n) is 11.6. The highest BCUT2D eigenvalue weighted by molar-refractivity contribution is 8.00. The minimum absolute atomic E-state index is 0.0894. The van der Waals surface area contributed by atoms with Crippen molar-refractivity contribution < 1.29 is 14.3 Å². The van der Waals surface area contributed by atoms with Crippen molar-refractivity contribution in [3.8, 4) is 17.2 Å². The molecule has 4 aromatic rings. The van der Waals surface area contributed by atoms with Gasteiger partial charge in [0.05, 0.1) is 18.0 Å². The summed E-state index contributed by atoms with van der Waals surface area (Å²) < 4.78 is 11.2. The number of nitrogens with one attached hydrogen (secondary N) is 3. The van der Waals surface area contributed by atoms with Gasteiger partial charge >= 0.3 is 0 Å². The van der Waals surface area contributed by atoms with E-state index >= 15 is 0 Å². The van der Waals surface area contributed by atoms with Crippen LogP contribution in [0.1, 0.15) is 6.92 Å². The summed E-state index contributed by atoms with van der Waals surface area (Å²) in [4.78, 5) is 13.7. The van der Waals surface area contributed by atoms with E-state index in [9.17, 15) is 4.79 Å². The number of anilines is 3. The molecule has 0 heterocycles. The summed E-state index contributed by atoms with van der Waals surface area (Å²) in [7, 11) is 1.62. The van der Waals surface area contributed by atoms with Gasteiger partial charge in [0, 0.05) is 16.3 Å². The number of thioether (sulfide) groups is 1. The Kier molecular flexibility index (Phi) is 9.02. The van der Waals surface area contributed by atoms with Crippen LogP contribution in [0.2, 0.25) is 0 Å². The molecule has 0 aliphatic carbocycles. The lowest BCUT2D eigenvalue weighted by atomic mass is 10.3. The van der Waals surface area contributed by atoms with Gasteiger partial charge in [0.1, 0.15) is 17.2 Å². The van der Waals surface area contributed by atoms with Crippen LogP contribution in [0.25, 0.3) is 0 Å². The fourth-order valence-electron chi connectivity index (χ4n) is 3.41. The molecule has 8 heteroatoms. The second kappa shape index (κ2) is 12.8. The molecule has 0 aliphatic heterocycles. The van der Waals surface area contributed by atoms with E-state index in [0.717, 1.165) is 22.0 Å². The summed E-state index contributed by atoms with van der Waals surface area (Å²) in [6, 6.07) is 32.2. The topological polar surface area (TPSA) is 71.6 Å². The number of ether oxygens (including phenoxy) is 2. The van der Waals surface area contributed by atoms with E-state index in [-0.39, 0.29) is 11.2 Å². The van der Waals surface area contributed by atoms with Crippen LogP contribution in [-0.4, -0.2) is 23.4 Å². The van der Waals surface area contributed by atoms with Gasteiger partial charge in [0.15, 0.2) is 5.11 Å². The Labute approximate surface area is 226 Å². The van der Waals surface area contributed by atoms with Crippen molar-refractivity contribution in [3.05, 3.63) is 103 Å². The van der Waals surface area contributed by atoms with Crippen molar-refractivity contribution in [1.29, 1.82) is 0 Å². The Bertz CT molecular complexity index is 1350. The number of amides is 1. The van der Waals surface area contributed by atoms with Crippen LogP contribution in [0.3, 0.4) is 0 Å². The number of hydrogen-bond acceptors (Lipinski definition) is 5. The van der Waals surface area contributed by atoms with Crippen LogP contribution in [0.15, 0.2) is 108 Å². The van der Waals surface area contributed by atoms with E-state index in [1.807, 2.05) is 110 Å². The van der Waals surface area contributed by atoms with Crippen LogP contribution >= 0.6 is 24.0 Å². The summed E-state index contributed by atoms with van der Waals surface area (Å²) in [5.74, 6) is 2.08. The molecule has 6 nitrogen and oxygen atoms in total. The fraction of sp³-hybridized carbons (Fsp3) is 0.103. The minimum Gasteiger partial charge on any atom is -0.495 e. The van der Waals surface area contributed by atoms with Crippen LogP contribution in [0, 0.1) is 0 Å². The van der Waals surface area contributed by atoms with Crippen LogP contribution in [0.5, 0.6) is 17.2 Å². The second-order valence-electron chi connectivity index (χ2n) is 8.00. The second-order valence-corrected chi connectivity index (χ2v) is 9.82. The summed E-state index contributed by atoms with van der Waals surface area (Å²) >= 11 is 6.93.